The maximum Gasteiger partial charge on any atom is 0.245 e. The minimum Gasteiger partial charge on any atom is -0.358 e. The number of aromatic nitrogens is 4. The predicted molar refractivity (Wildman–Crippen MR) is 68.7 cm³/mol. The van der Waals surface area contributed by atoms with Crippen LogP contribution in [0.4, 0.5) is 5.82 Å². The number of thiazole rings is 1. The van der Waals surface area contributed by atoms with Crippen molar-refractivity contribution >= 4 is 40.4 Å². The van der Waals surface area contributed by atoms with Crippen molar-refractivity contribution in [1.29, 1.82) is 0 Å². The summed E-state index contributed by atoms with van der Waals surface area (Å²) in [4.78, 5) is 9.40. The lowest BCUT2D eigenvalue weighted by Crippen LogP contribution is -2.09. The number of nitrogens with zero attached hydrogens (tertiary/aromatic N) is 4. The van der Waals surface area contributed by atoms with Gasteiger partial charge in [0.1, 0.15) is 5.01 Å². The van der Waals surface area contributed by atoms with Gasteiger partial charge in [0.2, 0.25) is 5.28 Å². The maximum atomic E-state index is 5.86. The Hall–Kier alpha value is -0.980. The molecule has 0 aliphatic carbocycles. The molecule has 0 saturated heterocycles. The highest BCUT2D eigenvalue weighted by Gasteiger charge is 2.13. The Morgan fingerprint density at radius 2 is 2.12 bits per heavy atom. The summed E-state index contributed by atoms with van der Waals surface area (Å²) in [6.45, 7) is 3.97. The van der Waals surface area contributed by atoms with Gasteiger partial charge in [0, 0.05) is 11.1 Å². The maximum absolute atomic E-state index is 5.86. The molecule has 1 atom stereocenters. The third-order valence-electron chi connectivity index (χ3n) is 1.98. The van der Waals surface area contributed by atoms with Crippen molar-refractivity contribution in [2.75, 3.05) is 5.32 Å². The number of nitrogens with one attached hydrogen (secondary N) is 1. The van der Waals surface area contributed by atoms with Gasteiger partial charge in [-0.2, -0.15) is 4.98 Å². The Labute approximate surface area is 112 Å². The van der Waals surface area contributed by atoms with E-state index in [9.17, 15) is 0 Å². The normalized spacial score (nSPS) is 12.5. The molecule has 0 aromatic carbocycles. The van der Waals surface area contributed by atoms with Gasteiger partial charge in [-0.25, -0.2) is 4.98 Å². The van der Waals surface area contributed by atoms with Crippen molar-refractivity contribution in [2.24, 2.45) is 0 Å². The fraction of sp³-hybridized carbons (Fsp3) is 0.333. The van der Waals surface area contributed by atoms with Gasteiger partial charge in [-0.3, -0.25) is 0 Å². The minimum atomic E-state index is -0.0148. The van der Waals surface area contributed by atoms with Crippen molar-refractivity contribution in [3.63, 3.8) is 0 Å². The van der Waals surface area contributed by atoms with E-state index >= 15 is 0 Å². The Kier molecular flexibility index (Phi) is 3.76. The average Bonchev–Trinajstić information content (AvgIpc) is 2.70. The van der Waals surface area contributed by atoms with E-state index < -0.39 is 0 Å². The number of aryl methyl sites for hydroxylation is 1. The summed E-state index contributed by atoms with van der Waals surface area (Å²) >= 11 is 13.1. The lowest BCUT2D eigenvalue weighted by molar-refractivity contribution is 0.847. The van der Waals surface area contributed by atoms with Gasteiger partial charge in [0.05, 0.1) is 6.04 Å². The third-order valence-corrected chi connectivity index (χ3v) is 3.49. The second kappa shape index (κ2) is 5.12. The monoisotopic (exact) mass is 289 g/mol. The lowest BCUT2D eigenvalue weighted by Gasteiger charge is -2.11. The molecule has 0 saturated carbocycles. The molecule has 0 aliphatic heterocycles. The Morgan fingerprint density at radius 3 is 2.76 bits per heavy atom. The fourth-order valence-corrected chi connectivity index (χ4v) is 2.26. The van der Waals surface area contributed by atoms with E-state index in [0.717, 1.165) is 9.88 Å². The van der Waals surface area contributed by atoms with Gasteiger partial charge < -0.3 is 5.32 Å². The second-order valence-electron chi connectivity index (χ2n) is 3.40. The highest BCUT2D eigenvalue weighted by Crippen LogP contribution is 2.25. The molecule has 0 radical (unpaired) electrons. The molecule has 1 unspecified atom stereocenters. The summed E-state index contributed by atoms with van der Waals surface area (Å²) < 4.78 is 0. The molecule has 0 amide bonds. The van der Waals surface area contributed by atoms with E-state index in [1.165, 1.54) is 0 Å². The van der Waals surface area contributed by atoms with Crippen molar-refractivity contribution < 1.29 is 0 Å². The highest BCUT2D eigenvalue weighted by molar-refractivity contribution is 7.11. The molecule has 1 N–H and O–H groups in total. The minimum absolute atomic E-state index is 0.0148. The zero-order chi connectivity index (χ0) is 12.4. The number of anilines is 1. The molecule has 5 nitrogen and oxygen atoms in total. The van der Waals surface area contributed by atoms with E-state index in [1.807, 2.05) is 20.0 Å². The fourth-order valence-electron chi connectivity index (χ4n) is 1.22. The Bertz CT molecular complexity index is 530. The smallest absolute Gasteiger partial charge is 0.245 e. The zero-order valence-corrected chi connectivity index (χ0v) is 11.4. The average molecular weight is 290 g/mol. The molecule has 0 fully saturated rings. The number of hydrogen-bond acceptors (Lipinski definition) is 6. The molecular weight excluding hydrogens is 281 g/mol. The quantitative estimate of drug-likeness (QED) is 0.941. The summed E-state index contributed by atoms with van der Waals surface area (Å²) in [7, 11) is 0. The molecule has 8 heteroatoms. The Balaban J connectivity index is 2.18. The van der Waals surface area contributed by atoms with Crippen molar-refractivity contribution in [2.45, 2.75) is 19.9 Å². The van der Waals surface area contributed by atoms with E-state index in [-0.39, 0.29) is 16.5 Å². The molecule has 90 valence electrons. The third kappa shape index (κ3) is 3.02. The molecule has 0 aliphatic rings. The first kappa shape index (κ1) is 12.5. The van der Waals surface area contributed by atoms with Gasteiger partial charge in [-0.1, -0.05) is 11.6 Å². The van der Waals surface area contributed by atoms with Gasteiger partial charge in [0.15, 0.2) is 11.0 Å². The number of rotatable bonds is 3. The summed E-state index contributed by atoms with van der Waals surface area (Å²) in [5.74, 6) is 0.409. The van der Waals surface area contributed by atoms with Crippen molar-refractivity contribution in [3.05, 3.63) is 26.5 Å². The Morgan fingerprint density at radius 1 is 1.35 bits per heavy atom. The van der Waals surface area contributed by atoms with Crippen LogP contribution in [0.3, 0.4) is 0 Å². The number of hydrogen-bond donors (Lipinski definition) is 1. The molecule has 2 aromatic heterocycles. The van der Waals surface area contributed by atoms with Gasteiger partial charge in [0.25, 0.3) is 0 Å². The molecule has 0 spiro atoms. The molecule has 0 bridgehead atoms. The summed E-state index contributed by atoms with van der Waals surface area (Å²) in [5.41, 5.74) is 0. The molecule has 2 heterocycles. The van der Waals surface area contributed by atoms with Crippen LogP contribution in [0.15, 0.2) is 6.20 Å². The second-order valence-corrected chi connectivity index (χ2v) is 5.36. The first-order valence-corrected chi connectivity index (χ1v) is 6.38. The van der Waals surface area contributed by atoms with Gasteiger partial charge in [-0.05, 0) is 25.4 Å². The van der Waals surface area contributed by atoms with E-state index in [0.29, 0.717) is 5.82 Å². The van der Waals surface area contributed by atoms with Crippen LogP contribution in [-0.2, 0) is 0 Å². The highest BCUT2D eigenvalue weighted by atomic mass is 35.5. The van der Waals surface area contributed by atoms with Crippen LogP contribution >= 0.6 is 34.5 Å². The van der Waals surface area contributed by atoms with Crippen LogP contribution in [0.1, 0.15) is 22.9 Å². The van der Waals surface area contributed by atoms with Crippen LogP contribution in [-0.4, -0.2) is 20.2 Å². The van der Waals surface area contributed by atoms with Gasteiger partial charge >= 0.3 is 0 Å². The van der Waals surface area contributed by atoms with Crippen LogP contribution in [0.5, 0.6) is 0 Å². The topological polar surface area (TPSA) is 63.6 Å². The zero-order valence-electron chi connectivity index (χ0n) is 9.11. The first-order chi connectivity index (χ1) is 8.06. The summed E-state index contributed by atoms with van der Waals surface area (Å²) in [6.07, 6.45) is 1.82. The predicted octanol–water partition coefficient (Wildman–Crippen LogP) is 3.12. The van der Waals surface area contributed by atoms with E-state index in [4.69, 9.17) is 23.2 Å². The molecule has 2 rings (SSSR count). The van der Waals surface area contributed by atoms with Gasteiger partial charge in [-0.15, -0.1) is 21.5 Å². The lowest BCUT2D eigenvalue weighted by atomic mass is 10.3. The standard InChI is InChI=1S/C9H9Cl2N5S/c1-4-3-12-8(17-4)5(2)13-7-6(10)15-16-9(11)14-7/h3,5H,1-2H3,(H,13,14,16). The molecule has 17 heavy (non-hydrogen) atoms. The molecule has 2 aromatic rings. The van der Waals surface area contributed by atoms with Crippen LogP contribution in [0.25, 0.3) is 0 Å². The summed E-state index contributed by atoms with van der Waals surface area (Å²) in [6, 6.07) is -0.0148. The largest absolute Gasteiger partial charge is 0.358 e. The van der Waals surface area contributed by atoms with Crippen molar-refractivity contribution in [1.82, 2.24) is 20.2 Å². The van der Waals surface area contributed by atoms with Crippen LogP contribution < -0.4 is 5.32 Å². The SMILES string of the molecule is Cc1cnc(C(C)Nc2nc(Cl)nnc2Cl)s1. The van der Waals surface area contributed by atoms with E-state index in [1.54, 1.807) is 11.3 Å². The van der Waals surface area contributed by atoms with Crippen LogP contribution in [0, 0.1) is 6.92 Å². The number of halogens is 2. The first-order valence-electron chi connectivity index (χ1n) is 4.81. The van der Waals surface area contributed by atoms with E-state index in [2.05, 4.69) is 25.5 Å². The summed E-state index contributed by atoms with van der Waals surface area (Å²) in [5, 5.41) is 11.5. The van der Waals surface area contributed by atoms with Crippen molar-refractivity contribution in [3.8, 4) is 0 Å². The molecular formula is C9H9Cl2N5S. The van der Waals surface area contributed by atoms with Crippen LogP contribution in [0.2, 0.25) is 10.4 Å².